The lowest BCUT2D eigenvalue weighted by atomic mass is 10.6. The number of rotatable bonds is 3. The monoisotopic (exact) mass is 186 g/mol. The summed E-state index contributed by atoms with van der Waals surface area (Å²) in [7, 11) is 0. The molecule has 0 aliphatic carbocycles. The molecule has 0 atom stereocenters. The van der Waals surface area contributed by atoms with E-state index < -0.39 is 16.8 Å². The Hall–Kier alpha value is -1.99. The molecule has 0 unspecified atom stereocenters. The molecule has 0 saturated carbocycles. The van der Waals surface area contributed by atoms with E-state index in [2.05, 4.69) is 14.8 Å². The van der Waals surface area contributed by atoms with Gasteiger partial charge in [0.15, 0.2) is 0 Å². The SMILES string of the molecule is CCOC(=O)c1n[nH]c([N+](=O)[O-])n1. The molecule has 0 radical (unpaired) electrons. The molecule has 1 heterocycles. The first-order valence-electron chi connectivity index (χ1n) is 3.39. The van der Waals surface area contributed by atoms with Crippen molar-refractivity contribution in [3.63, 3.8) is 0 Å². The third-order valence-corrected chi connectivity index (χ3v) is 1.10. The fourth-order valence-corrected chi connectivity index (χ4v) is 0.622. The summed E-state index contributed by atoms with van der Waals surface area (Å²) in [5, 5.41) is 15.4. The van der Waals surface area contributed by atoms with Crippen molar-refractivity contribution in [3.8, 4) is 0 Å². The lowest BCUT2D eigenvalue weighted by Crippen LogP contribution is -2.06. The van der Waals surface area contributed by atoms with E-state index in [9.17, 15) is 14.9 Å². The number of carbonyl (C=O) groups excluding carboxylic acids is 1. The van der Waals surface area contributed by atoms with Crippen LogP contribution in [0.3, 0.4) is 0 Å². The Balaban J connectivity index is 2.79. The number of aromatic nitrogens is 3. The Labute approximate surface area is 72.1 Å². The van der Waals surface area contributed by atoms with Crippen molar-refractivity contribution in [3.05, 3.63) is 15.9 Å². The summed E-state index contributed by atoms with van der Waals surface area (Å²) in [6, 6.07) is 0. The van der Waals surface area contributed by atoms with E-state index >= 15 is 0 Å². The lowest BCUT2D eigenvalue weighted by molar-refractivity contribution is -0.394. The van der Waals surface area contributed by atoms with Gasteiger partial charge in [0.05, 0.1) is 6.61 Å². The van der Waals surface area contributed by atoms with Crippen LogP contribution in [-0.4, -0.2) is 32.7 Å². The molecule has 0 aliphatic rings. The molecule has 0 spiro atoms. The van der Waals surface area contributed by atoms with E-state index in [0.29, 0.717) is 0 Å². The van der Waals surface area contributed by atoms with Gasteiger partial charge in [0.1, 0.15) is 0 Å². The normalized spacial score (nSPS) is 9.62. The minimum atomic E-state index is -0.785. The standard InChI is InChI=1S/C5H6N4O4/c1-2-13-4(10)3-6-5(8-7-3)9(11)12/h2H2,1H3,(H,6,7,8). The number of H-pyrrole nitrogens is 1. The summed E-state index contributed by atoms with van der Waals surface area (Å²) in [5.41, 5.74) is 0. The molecule has 1 aromatic heterocycles. The van der Waals surface area contributed by atoms with Gasteiger partial charge < -0.3 is 14.9 Å². The summed E-state index contributed by atoms with van der Waals surface area (Å²) in [6.45, 7) is 1.78. The molecule has 0 aliphatic heterocycles. The van der Waals surface area contributed by atoms with E-state index in [-0.39, 0.29) is 12.4 Å². The van der Waals surface area contributed by atoms with Crippen LogP contribution in [0.25, 0.3) is 0 Å². The van der Waals surface area contributed by atoms with Gasteiger partial charge in [-0.1, -0.05) is 5.10 Å². The smallest absolute Gasteiger partial charge is 0.454 e. The molecule has 1 rings (SSSR count). The third kappa shape index (κ3) is 1.98. The molecule has 13 heavy (non-hydrogen) atoms. The van der Waals surface area contributed by atoms with Gasteiger partial charge in [0.2, 0.25) is 0 Å². The summed E-state index contributed by atoms with van der Waals surface area (Å²) < 4.78 is 4.51. The van der Waals surface area contributed by atoms with Crippen LogP contribution in [0.15, 0.2) is 0 Å². The van der Waals surface area contributed by atoms with Gasteiger partial charge in [0, 0.05) is 0 Å². The summed E-state index contributed by atoms with van der Waals surface area (Å²) >= 11 is 0. The molecule has 8 heteroatoms. The van der Waals surface area contributed by atoms with Crippen molar-refractivity contribution in [1.82, 2.24) is 15.2 Å². The highest BCUT2D eigenvalue weighted by Gasteiger charge is 2.21. The van der Waals surface area contributed by atoms with Crippen LogP contribution in [-0.2, 0) is 4.74 Å². The molecular weight excluding hydrogens is 180 g/mol. The van der Waals surface area contributed by atoms with Gasteiger partial charge >= 0.3 is 17.7 Å². The van der Waals surface area contributed by atoms with Crippen molar-refractivity contribution in [2.75, 3.05) is 6.61 Å². The van der Waals surface area contributed by atoms with Gasteiger partial charge in [-0.3, -0.25) is 0 Å². The van der Waals surface area contributed by atoms with Gasteiger partial charge in [0.25, 0.3) is 0 Å². The fourth-order valence-electron chi connectivity index (χ4n) is 0.622. The maximum absolute atomic E-state index is 10.9. The molecular formula is C5H6N4O4. The Kier molecular flexibility index (Phi) is 2.52. The number of carbonyl (C=O) groups is 1. The predicted molar refractivity (Wildman–Crippen MR) is 39.0 cm³/mol. The minimum Gasteiger partial charge on any atom is -0.459 e. The van der Waals surface area contributed by atoms with Crippen LogP contribution in [0.1, 0.15) is 17.5 Å². The zero-order valence-corrected chi connectivity index (χ0v) is 6.68. The molecule has 0 bridgehead atoms. The second-order valence-electron chi connectivity index (χ2n) is 1.96. The minimum absolute atomic E-state index is 0.168. The number of ether oxygens (including phenoxy) is 1. The van der Waals surface area contributed by atoms with Gasteiger partial charge in [-0.25, -0.2) is 4.79 Å². The number of nitrogens with one attached hydrogen (secondary N) is 1. The van der Waals surface area contributed by atoms with Crippen LogP contribution in [0, 0.1) is 10.1 Å². The van der Waals surface area contributed by atoms with Crippen LogP contribution in [0.5, 0.6) is 0 Å². The molecule has 1 N–H and O–H groups in total. The zero-order chi connectivity index (χ0) is 9.84. The van der Waals surface area contributed by atoms with Crippen molar-refractivity contribution < 1.29 is 14.5 Å². The Morgan fingerprint density at radius 1 is 1.77 bits per heavy atom. The predicted octanol–water partition coefficient (Wildman–Crippen LogP) is -0.110. The van der Waals surface area contributed by atoms with Gasteiger partial charge in [-0.2, -0.15) is 0 Å². The third-order valence-electron chi connectivity index (χ3n) is 1.10. The number of hydrogen-bond donors (Lipinski definition) is 1. The Morgan fingerprint density at radius 2 is 2.46 bits per heavy atom. The van der Waals surface area contributed by atoms with Crippen molar-refractivity contribution >= 4 is 11.9 Å². The number of nitro groups is 1. The summed E-state index contributed by atoms with van der Waals surface area (Å²) in [6.07, 6.45) is 0. The topological polar surface area (TPSA) is 111 Å². The van der Waals surface area contributed by atoms with Gasteiger partial charge in [-0.05, 0) is 16.8 Å². The largest absolute Gasteiger partial charge is 0.459 e. The van der Waals surface area contributed by atoms with Crippen LogP contribution in [0.2, 0.25) is 0 Å². The number of aromatic amines is 1. The highest BCUT2D eigenvalue weighted by atomic mass is 16.6. The van der Waals surface area contributed by atoms with E-state index in [4.69, 9.17) is 0 Å². The fraction of sp³-hybridized carbons (Fsp3) is 0.400. The molecule has 0 saturated heterocycles. The number of nitrogens with zero attached hydrogens (tertiary/aromatic N) is 3. The van der Waals surface area contributed by atoms with E-state index in [1.165, 1.54) is 0 Å². The van der Waals surface area contributed by atoms with Gasteiger partial charge in [-0.15, -0.1) is 5.10 Å². The summed E-state index contributed by atoms with van der Waals surface area (Å²) in [4.78, 5) is 23.5. The first-order chi connectivity index (χ1) is 6.15. The quantitative estimate of drug-likeness (QED) is 0.400. The molecule has 70 valence electrons. The van der Waals surface area contributed by atoms with E-state index in [1.54, 1.807) is 6.92 Å². The maximum Gasteiger partial charge on any atom is 0.454 e. The highest BCUT2D eigenvalue weighted by Crippen LogP contribution is 2.02. The molecule has 8 nitrogen and oxygen atoms in total. The lowest BCUT2D eigenvalue weighted by Gasteiger charge is -1.91. The van der Waals surface area contributed by atoms with Crippen LogP contribution in [0.4, 0.5) is 5.95 Å². The zero-order valence-electron chi connectivity index (χ0n) is 6.68. The van der Waals surface area contributed by atoms with Crippen LogP contribution >= 0.6 is 0 Å². The van der Waals surface area contributed by atoms with Crippen molar-refractivity contribution in [1.29, 1.82) is 0 Å². The maximum atomic E-state index is 10.9. The first kappa shape index (κ1) is 9.10. The first-order valence-corrected chi connectivity index (χ1v) is 3.39. The molecule has 0 amide bonds. The summed E-state index contributed by atoms with van der Waals surface area (Å²) in [5.74, 6) is -1.71. The van der Waals surface area contributed by atoms with Crippen molar-refractivity contribution in [2.24, 2.45) is 0 Å². The average molecular weight is 186 g/mol. The second kappa shape index (κ2) is 3.61. The molecule has 1 aromatic rings. The second-order valence-corrected chi connectivity index (χ2v) is 1.96. The average Bonchev–Trinajstić information content (AvgIpc) is 2.52. The highest BCUT2D eigenvalue weighted by molar-refractivity contribution is 5.85. The van der Waals surface area contributed by atoms with E-state index in [0.717, 1.165) is 0 Å². The van der Waals surface area contributed by atoms with E-state index in [1.807, 2.05) is 5.10 Å². The number of hydrogen-bond acceptors (Lipinski definition) is 6. The van der Waals surface area contributed by atoms with Crippen molar-refractivity contribution in [2.45, 2.75) is 6.92 Å². The molecule has 0 fully saturated rings. The Bertz CT molecular complexity index is 333. The molecule has 0 aromatic carbocycles. The Morgan fingerprint density at radius 3 is 2.92 bits per heavy atom. The number of esters is 1. The van der Waals surface area contributed by atoms with Crippen LogP contribution < -0.4 is 0 Å².